The largest absolute Gasteiger partial charge is 0.498 e. The molecule has 0 aliphatic rings. The van der Waals surface area contributed by atoms with Crippen molar-refractivity contribution in [3.8, 4) is 33.6 Å². The van der Waals surface area contributed by atoms with E-state index in [9.17, 15) is 0 Å². The molecule has 0 bridgehead atoms. The quantitative estimate of drug-likeness (QED) is 0.166. The van der Waals surface area contributed by atoms with Gasteiger partial charge in [0.1, 0.15) is 11.1 Å². The summed E-state index contributed by atoms with van der Waals surface area (Å²) in [6, 6.07) is 33.5. The fourth-order valence-electron chi connectivity index (χ4n) is 6.29. The number of rotatable bonds is 4. The van der Waals surface area contributed by atoms with Gasteiger partial charge in [-0.15, -0.1) is 65.4 Å². The van der Waals surface area contributed by atoms with E-state index in [0.29, 0.717) is 16.7 Å². The molecule has 6 heteroatoms. The molecule has 4 aromatic carbocycles. The van der Waals surface area contributed by atoms with Gasteiger partial charge in [0, 0.05) is 46.1 Å². The molecule has 0 fully saturated rings. The van der Waals surface area contributed by atoms with Gasteiger partial charge in [-0.2, -0.15) is 0 Å². The minimum Gasteiger partial charge on any atom is -0.498 e. The number of nitrogens with zero attached hydrogens (tertiary/aromatic N) is 3. The summed E-state index contributed by atoms with van der Waals surface area (Å²) in [6.45, 7) is 6.69. The SMILES string of the molecule is [2H]C([2H])([2H])c1ccc(-c2[c-]cccc2)nc1.[2H]C([2H])([2H])c1nc2c(ccc3c4cc[c-]c(-c5cc(-c6c(C)cccc6C)c(CC(C)(C)C)cn5)c4oc32)s1.[Ir]. The van der Waals surface area contributed by atoms with Crippen molar-refractivity contribution < 1.29 is 32.7 Å². The molecule has 0 saturated heterocycles. The first-order valence-corrected chi connectivity index (χ1v) is 17.0. The number of fused-ring (bicyclic) bond motifs is 5. The van der Waals surface area contributed by atoms with Crippen molar-refractivity contribution in [3.05, 3.63) is 137 Å². The first-order chi connectivity index (χ1) is 26.0. The Bertz CT molecular complexity index is 2640. The van der Waals surface area contributed by atoms with Crippen molar-refractivity contribution in [2.75, 3.05) is 0 Å². The van der Waals surface area contributed by atoms with E-state index in [1.54, 1.807) is 18.2 Å². The maximum Gasteiger partial charge on any atom is 0.148 e. The molecule has 4 heterocycles. The Balaban J connectivity index is 0.000000263. The van der Waals surface area contributed by atoms with Crippen LogP contribution in [0.25, 0.3) is 65.8 Å². The summed E-state index contributed by atoms with van der Waals surface area (Å²) in [5.74, 6) is 0. The predicted molar refractivity (Wildman–Crippen MR) is 205 cm³/mol. The van der Waals surface area contributed by atoms with Crippen molar-refractivity contribution in [2.45, 2.75) is 54.7 Å². The fraction of sp³-hybridized carbons (Fsp3) is 0.205. The minimum absolute atomic E-state index is 0. The van der Waals surface area contributed by atoms with Gasteiger partial charge in [-0.1, -0.05) is 74.2 Å². The number of hydrogen-bond acceptors (Lipinski definition) is 5. The topological polar surface area (TPSA) is 51.8 Å². The van der Waals surface area contributed by atoms with Crippen LogP contribution in [-0.2, 0) is 26.5 Å². The van der Waals surface area contributed by atoms with Crippen molar-refractivity contribution in [3.63, 3.8) is 0 Å². The molecule has 0 amide bonds. The standard InChI is InChI=1S/C32H29N2OS.C12H10N.Ir/c1-18-9-7-10-19(2)28(18)25-15-26(33-17-21(25)16-32(4,5)6)24-12-8-11-22-23-13-14-27-29(34-20(3)36-27)31(23)35-30(22)24;1-10-7-8-12(13-9-10)11-5-3-2-4-6-11;/h7-11,13-15,17H,16H2,1-6H3;2-5,7-9H,1H3;/q2*-1;/i3D3;1D3;. The third-order valence-corrected chi connectivity index (χ3v) is 9.25. The van der Waals surface area contributed by atoms with Gasteiger partial charge < -0.3 is 14.4 Å². The number of aromatic nitrogens is 3. The molecule has 0 spiro atoms. The average molecular weight is 856 g/mol. The predicted octanol–water partition coefficient (Wildman–Crippen LogP) is 12.1. The second-order valence-electron chi connectivity index (χ2n) is 13.4. The average Bonchev–Trinajstić information content (AvgIpc) is 3.75. The van der Waals surface area contributed by atoms with E-state index in [0.717, 1.165) is 44.4 Å². The number of thiazole rings is 1. The van der Waals surface area contributed by atoms with Crippen LogP contribution < -0.4 is 0 Å². The van der Waals surface area contributed by atoms with Crippen LogP contribution >= 0.6 is 11.3 Å². The summed E-state index contributed by atoms with van der Waals surface area (Å²) in [6.07, 6.45) is 4.29. The van der Waals surface area contributed by atoms with Crippen LogP contribution in [0, 0.1) is 45.1 Å². The number of hydrogen-bond donors (Lipinski definition) is 0. The van der Waals surface area contributed by atoms with Gasteiger partial charge in [-0.25, -0.2) is 4.98 Å². The second-order valence-corrected chi connectivity index (χ2v) is 14.5. The maximum atomic E-state index is 7.80. The number of aryl methyl sites for hydroxylation is 4. The van der Waals surface area contributed by atoms with Gasteiger partial charge in [-0.05, 0) is 90.2 Å². The van der Waals surface area contributed by atoms with E-state index in [1.807, 2.05) is 48.7 Å². The molecule has 4 aromatic heterocycles. The zero-order valence-electron chi connectivity index (χ0n) is 34.4. The van der Waals surface area contributed by atoms with Gasteiger partial charge >= 0.3 is 0 Å². The smallest absolute Gasteiger partial charge is 0.148 e. The molecule has 0 unspecified atom stereocenters. The van der Waals surface area contributed by atoms with Crippen LogP contribution in [0.15, 0.2) is 102 Å². The van der Waals surface area contributed by atoms with Crippen molar-refractivity contribution >= 4 is 43.5 Å². The molecule has 50 heavy (non-hydrogen) atoms. The molecular weight excluding hydrogens is 811 g/mol. The van der Waals surface area contributed by atoms with Crippen molar-refractivity contribution in [2.24, 2.45) is 5.41 Å². The Kier molecular flexibility index (Phi) is 8.13. The van der Waals surface area contributed by atoms with Gasteiger partial charge in [0.25, 0.3) is 0 Å². The Labute approximate surface area is 320 Å². The molecule has 0 saturated carbocycles. The van der Waals surface area contributed by atoms with Crippen LogP contribution in [-0.4, -0.2) is 15.0 Å². The summed E-state index contributed by atoms with van der Waals surface area (Å²) in [5.41, 5.74) is 11.4. The van der Waals surface area contributed by atoms with E-state index >= 15 is 0 Å². The first-order valence-electron chi connectivity index (χ1n) is 19.1. The summed E-state index contributed by atoms with van der Waals surface area (Å²) in [7, 11) is 0. The Hall–Kier alpha value is -4.48. The third-order valence-electron chi connectivity index (χ3n) is 8.42. The molecule has 8 aromatic rings. The van der Waals surface area contributed by atoms with Gasteiger partial charge in [0.15, 0.2) is 0 Å². The fourth-order valence-corrected chi connectivity index (χ4v) is 7.01. The third kappa shape index (κ3) is 7.20. The molecule has 1 radical (unpaired) electrons. The molecule has 4 nitrogen and oxygen atoms in total. The normalized spacial score (nSPS) is 13.7. The van der Waals surface area contributed by atoms with Crippen molar-refractivity contribution in [1.29, 1.82) is 0 Å². The Morgan fingerprint density at radius 2 is 1.60 bits per heavy atom. The van der Waals surface area contributed by atoms with Crippen LogP contribution in [0.4, 0.5) is 0 Å². The van der Waals surface area contributed by atoms with Gasteiger partial charge in [0.05, 0.1) is 15.3 Å². The Morgan fingerprint density at radius 3 is 2.30 bits per heavy atom. The van der Waals surface area contributed by atoms with Crippen LogP contribution in [0.3, 0.4) is 0 Å². The van der Waals surface area contributed by atoms with Gasteiger partial charge in [-0.3, -0.25) is 0 Å². The molecular formula is C44H39IrN3OS-2. The molecule has 0 aliphatic carbocycles. The minimum atomic E-state index is -2.26. The van der Waals surface area contributed by atoms with Crippen molar-refractivity contribution in [1.82, 2.24) is 15.0 Å². The zero-order chi connectivity index (χ0) is 39.3. The molecule has 0 aliphatic heterocycles. The summed E-state index contributed by atoms with van der Waals surface area (Å²) >= 11 is 1.18. The number of pyridine rings is 2. The van der Waals surface area contributed by atoms with E-state index < -0.39 is 13.7 Å². The molecule has 0 atom stereocenters. The van der Waals surface area contributed by atoms with E-state index in [4.69, 9.17) is 17.6 Å². The summed E-state index contributed by atoms with van der Waals surface area (Å²) in [5, 5.41) is 1.94. The van der Waals surface area contributed by atoms with Crippen LogP contribution in [0.1, 0.15) is 56.3 Å². The van der Waals surface area contributed by atoms with E-state index in [-0.39, 0.29) is 36.1 Å². The number of furan rings is 1. The van der Waals surface area contributed by atoms with Crippen LogP contribution in [0.2, 0.25) is 0 Å². The number of benzene rings is 4. The molecule has 253 valence electrons. The molecule has 8 rings (SSSR count). The monoisotopic (exact) mass is 856 g/mol. The van der Waals surface area contributed by atoms with Gasteiger partial charge in [0.2, 0.25) is 0 Å². The van der Waals surface area contributed by atoms with E-state index in [1.165, 1.54) is 45.4 Å². The van der Waals surface area contributed by atoms with Crippen LogP contribution in [0.5, 0.6) is 0 Å². The summed E-state index contributed by atoms with van der Waals surface area (Å²) in [4.78, 5) is 13.5. The Morgan fingerprint density at radius 1 is 0.800 bits per heavy atom. The van der Waals surface area contributed by atoms with E-state index in [2.05, 4.69) is 81.0 Å². The maximum absolute atomic E-state index is 7.80. The zero-order valence-corrected chi connectivity index (χ0v) is 31.6. The first kappa shape index (κ1) is 28.2. The second kappa shape index (κ2) is 14.4. The molecule has 0 N–H and O–H groups in total. The summed E-state index contributed by atoms with van der Waals surface area (Å²) < 4.78 is 52.4.